The summed E-state index contributed by atoms with van der Waals surface area (Å²) in [5.41, 5.74) is 1.09. The van der Waals surface area contributed by atoms with Gasteiger partial charge in [0.2, 0.25) is 0 Å². The number of fused-ring (bicyclic) bond motifs is 1. The molecule has 286 valence electrons. The van der Waals surface area contributed by atoms with Crippen molar-refractivity contribution in [2.24, 2.45) is 0 Å². The number of amides is 2. The molecule has 0 radical (unpaired) electrons. The number of rotatable bonds is 15. The number of ether oxygens (including phenoxy) is 2. The summed E-state index contributed by atoms with van der Waals surface area (Å²) in [6, 6.07) is 42.7. The molecule has 56 heavy (non-hydrogen) atoms. The van der Waals surface area contributed by atoms with Gasteiger partial charge in [0, 0.05) is 12.8 Å². The van der Waals surface area contributed by atoms with Gasteiger partial charge in [0.25, 0.3) is 11.8 Å². The van der Waals surface area contributed by atoms with Gasteiger partial charge in [-0.05, 0) is 60.1 Å². The third kappa shape index (κ3) is 8.43. The van der Waals surface area contributed by atoms with Crippen LogP contribution in [0.15, 0.2) is 146 Å². The molecule has 6 rings (SSSR count). The first kappa shape index (κ1) is 40.0. The summed E-state index contributed by atoms with van der Waals surface area (Å²) >= 11 is 0. The Balaban J connectivity index is 1.54. The summed E-state index contributed by atoms with van der Waals surface area (Å²) in [5, 5.41) is 2.24. The lowest BCUT2D eigenvalue weighted by atomic mass is 10.0. The van der Waals surface area contributed by atoms with Gasteiger partial charge in [0.15, 0.2) is 14.1 Å². The first-order valence-electron chi connectivity index (χ1n) is 18.4. The van der Waals surface area contributed by atoms with Gasteiger partial charge in [0.05, 0.1) is 24.3 Å². The van der Waals surface area contributed by atoms with Crippen molar-refractivity contribution >= 4 is 65.9 Å². The summed E-state index contributed by atoms with van der Waals surface area (Å²) in [6.45, 7) is 2.43. The Labute approximate surface area is 328 Å². The zero-order valence-electron chi connectivity index (χ0n) is 31.8. The van der Waals surface area contributed by atoms with E-state index in [1.54, 1.807) is 12.1 Å². The minimum Gasteiger partial charge on any atom is -0.467 e. The van der Waals surface area contributed by atoms with E-state index in [0.717, 1.165) is 26.4 Å². The number of Topliss-reactive ketones (excluding diaryl/α,β-unsaturated/α-hetero) is 1. The van der Waals surface area contributed by atoms with Crippen LogP contribution in [0.5, 0.6) is 0 Å². The maximum atomic E-state index is 15.5. The second-order valence-corrected chi connectivity index (χ2v) is 22.2. The maximum absolute atomic E-state index is 15.5. The molecule has 11 heteroatoms. The minimum atomic E-state index is -3.31. The Morgan fingerprint density at radius 3 is 1.50 bits per heavy atom. The molecule has 2 amide bonds. The van der Waals surface area contributed by atoms with Crippen LogP contribution in [0.1, 0.15) is 39.1 Å². The highest BCUT2D eigenvalue weighted by molar-refractivity contribution is 7.97. The molecule has 0 saturated carbocycles. The van der Waals surface area contributed by atoms with Crippen LogP contribution in [-0.2, 0) is 34.9 Å². The van der Waals surface area contributed by atoms with Gasteiger partial charge >= 0.3 is 11.9 Å². The van der Waals surface area contributed by atoms with E-state index in [4.69, 9.17) is 13.9 Å². The molecule has 1 unspecified atom stereocenters. The summed E-state index contributed by atoms with van der Waals surface area (Å²) in [7, 11) is -1.32. The van der Waals surface area contributed by atoms with E-state index in [0.29, 0.717) is 0 Å². The molecule has 0 fully saturated rings. The molecule has 0 N–H and O–H groups in total. The van der Waals surface area contributed by atoms with Crippen LogP contribution >= 0.6 is 6.89 Å². The van der Waals surface area contributed by atoms with E-state index in [1.165, 1.54) is 19.2 Å². The molecular formula is C45H44NO8PSi. The largest absolute Gasteiger partial charge is 0.467 e. The number of esters is 2. The summed E-state index contributed by atoms with van der Waals surface area (Å²) in [6.07, 6.45) is -1.61. The highest BCUT2D eigenvalue weighted by Crippen LogP contribution is 2.47. The standard InChI is InChI=1S/C45H44NO8PSi/c1-52-44(50)39(46-42(48)37-27-17-18-28-38(37)43(46)49)29-33(54-56(2,3)4)30-40(47)41(45(51)53-31-32-19-9-5-10-20-32)55(34-21-11-6-12-22-34,35-23-13-7-14-24-35)36-25-15-8-16-26-36/h5-28,33,39H,29-31H2,1-4H3/t33?,39-/m0/s1. The number of carbonyl (C=O) groups is 5. The Morgan fingerprint density at radius 1 is 0.643 bits per heavy atom. The van der Waals surface area contributed by atoms with Crippen molar-refractivity contribution < 1.29 is 37.9 Å². The Morgan fingerprint density at radius 2 is 1.07 bits per heavy atom. The van der Waals surface area contributed by atoms with Crippen LogP contribution in [0, 0.1) is 0 Å². The first-order valence-corrected chi connectivity index (χ1v) is 23.6. The van der Waals surface area contributed by atoms with E-state index in [9.17, 15) is 19.2 Å². The molecule has 0 saturated heterocycles. The van der Waals surface area contributed by atoms with Crippen LogP contribution in [0.2, 0.25) is 19.6 Å². The van der Waals surface area contributed by atoms with E-state index < -0.39 is 56.9 Å². The van der Waals surface area contributed by atoms with E-state index in [2.05, 4.69) is 0 Å². The van der Waals surface area contributed by atoms with E-state index in [-0.39, 0.29) is 35.9 Å². The molecule has 9 nitrogen and oxygen atoms in total. The number of hydrogen-bond donors (Lipinski definition) is 0. The number of imide groups is 1. The predicted molar refractivity (Wildman–Crippen MR) is 222 cm³/mol. The summed E-state index contributed by atoms with van der Waals surface area (Å²) < 4.78 is 17.9. The third-order valence-electron chi connectivity index (χ3n) is 9.47. The average molecular weight is 786 g/mol. The normalized spacial score (nSPS) is 13.8. The zero-order valence-corrected chi connectivity index (χ0v) is 33.7. The third-order valence-corrected chi connectivity index (χ3v) is 14.8. The Hall–Kier alpha value is -5.67. The minimum absolute atomic E-state index is 0.0449. The number of benzene rings is 5. The van der Waals surface area contributed by atoms with Gasteiger partial charge in [-0.1, -0.05) is 133 Å². The second-order valence-electron chi connectivity index (χ2n) is 14.4. The van der Waals surface area contributed by atoms with Gasteiger partial charge in [-0.15, -0.1) is 0 Å². The fourth-order valence-electron chi connectivity index (χ4n) is 7.18. The molecule has 1 aliphatic heterocycles. The van der Waals surface area contributed by atoms with Crippen molar-refractivity contribution in [2.45, 2.75) is 51.2 Å². The molecule has 0 aliphatic carbocycles. The number of ketones is 1. The number of hydrogen-bond acceptors (Lipinski definition) is 8. The molecule has 0 spiro atoms. The van der Waals surface area contributed by atoms with Gasteiger partial charge < -0.3 is 13.9 Å². The highest BCUT2D eigenvalue weighted by atomic mass is 31.2. The van der Waals surface area contributed by atoms with Gasteiger partial charge in [-0.2, -0.15) is 0 Å². The fraction of sp³-hybridized carbons (Fsp3) is 0.200. The van der Waals surface area contributed by atoms with E-state index in [1.807, 2.05) is 141 Å². The van der Waals surface area contributed by atoms with Crippen LogP contribution < -0.4 is 15.9 Å². The van der Waals surface area contributed by atoms with Crippen molar-refractivity contribution in [3.63, 3.8) is 0 Å². The number of nitrogens with zero attached hydrogens (tertiary/aromatic N) is 1. The quantitative estimate of drug-likeness (QED) is 0.0400. The second kappa shape index (κ2) is 17.4. The molecule has 1 aliphatic rings. The number of methoxy groups -OCH3 is 1. The first-order chi connectivity index (χ1) is 27.0. The smallest absolute Gasteiger partial charge is 0.343 e. The van der Waals surface area contributed by atoms with Crippen molar-refractivity contribution in [1.29, 1.82) is 0 Å². The van der Waals surface area contributed by atoms with E-state index >= 15 is 4.79 Å². The molecule has 5 aromatic carbocycles. The molecule has 1 heterocycles. The van der Waals surface area contributed by atoms with Gasteiger partial charge in [-0.3, -0.25) is 19.3 Å². The topological polar surface area (TPSA) is 116 Å². The Bertz CT molecular complexity index is 2140. The fourth-order valence-corrected chi connectivity index (χ4v) is 12.7. The lowest BCUT2D eigenvalue weighted by Crippen LogP contribution is -2.49. The number of carbonyl (C=O) groups excluding carboxylic acids is 5. The maximum Gasteiger partial charge on any atom is 0.343 e. The van der Waals surface area contributed by atoms with Gasteiger partial charge in [-0.25, -0.2) is 9.59 Å². The summed E-state index contributed by atoms with van der Waals surface area (Å²) in [4.78, 5) is 72.2. The SMILES string of the molecule is COC(=O)[C@H](CC(CC(=O)C(C(=O)OCc1ccccc1)=P(c1ccccc1)(c1ccccc1)c1ccccc1)O[Si](C)(C)C)N1C(=O)c2ccccc2C1=O. The summed E-state index contributed by atoms with van der Waals surface area (Å²) in [5.74, 6) is -3.43. The van der Waals surface area contributed by atoms with Crippen molar-refractivity contribution in [3.8, 4) is 0 Å². The Kier molecular flexibility index (Phi) is 12.4. The monoisotopic (exact) mass is 785 g/mol. The van der Waals surface area contributed by atoms with Crippen LogP contribution in [0.4, 0.5) is 0 Å². The van der Waals surface area contributed by atoms with Crippen molar-refractivity contribution in [3.05, 3.63) is 162 Å². The lowest BCUT2D eigenvalue weighted by Gasteiger charge is -2.33. The predicted octanol–water partition coefficient (Wildman–Crippen LogP) is 6.30. The van der Waals surface area contributed by atoms with Crippen molar-refractivity contribution in [2.75, 3.05) is 7.11 Å². The lowest BCUT2D eigenvalue weighted by molar-refractivity contribution is -0.146. The average Bonchev–Trinajstić information content (AvgIpc) is 3.46. The van der Waals surface area contributed by atoms with Gasteiger partial charge in [0.1, 0.15) is 17.9 Å². The molecule has 0 aromatic heterocycles. The van der Waals surface area contributed by atoms with Crippen molar-refractivity contribution in [1.82, 2.24) is 4.90 Å². The van der Waals surface area contributed by atoms with Crippen LogP contribution in [-0.4, -0.2) is 67.3 Å². The molecular weight excluding hydrogens is 742 g/mol. The molecule has 0 bridgehead atoms. The van der Waals surface area contributed by atoms with Crippen LogP contribution in [0.3, 0.4) is 0 Å². The zero-order chi connectivity index (χ0) is 39.9. The highest BCUT2D eigenvalue weighted by Gasteiger charge is 2.46. The molecule has 2 atom stereocenters. The molecule has 5 aromatic rings. The van der Waals surface area contributed by atoms with Crippen LogP contribution in [0.25, 0.3) is 0 Å².